The van der Waals surface area contributed by atoms with Crippen LogP contribution in [0.4, 0.5) is 9.18 Å². The van der Waals surface area contributed by atoms with Gasteiger partial charge in [-0.3, -0.25) is 9.69 Å². The quantitative estimate of drug-likeness (QED) is 0.196. The van der Waals surface area contributed by atoms with E-state index in [-0.39, 0.29) is 36.2 Å². The first-order chi connectivity index (χ1) is 24.6. The highest BCUT2D eigenvalue weighted by Crippen LogP contribution is 2.43. The van der Waals surface area contributed by atoms with Crippen LogP contribution in [0.2, 0.25) is 0 Å². The van der Waals surface area contributed by atoms with Gasteiger partial charge in [0.15, 0.2) is 5.60 Å². The van der Waals surface area contributed by atoms with E-state index < -0.39 is 21.5 Å². The molecule has 1 saturated heterocycles. The SMILES string of the molecule is Cc1ccc(C)c(OCCc2ccc(C3=C(C(=O)N(CCc4ccc(F)cc4)C4CC4)C4CNCC(C3)N4C(=O)OC(C)(C)C(Cl)(Cl)Cl)cc2)c1C.Cl. The van der Waals surface area contributed by atoms with E-state index in [4.69, 9.17) is 44.3 Å². The molecule has 53 heavy (non-hydrogen) atoms. The fourth-order valence-corrected chi connectivity index (χ4v) is 7.24. The molecule has 3 aromatic carbocycles. The number of hydrogen-bond acceptors (Lipinski definition) is 5. The number of carbonyl (C=O) groups is 2. The van der Waals surface area contributed by atoms with Crippen LogP contribution in [0.5, 0.6) is 5.75 Å². The Kier molecular flexibility index (Phi) is 13.0. The molecule has 3 aromatic rings. The minimum absolute atomic E-state index is 0. The summed E-state index contributed by atoms with van der Waals surface area (Å²) in [6.07, 6.45) is 2.94. The number of amides is 2. The number of halogens is 5. The van der Waals surface area contributed by atoms with E-state index in [2.05, 4.69) is 62.5 Å². The molecule has 286 valence electrons. The van der Waals surface area contributed by atoms with Crippen molar-refractivity contribution < 1.29 is 23.5 Å². The molecular weight excluding hydrogens is 759 g/mol. The Hall–Kier alpha value is -3.01. The standard InChI is InChI=1S/C41H47Cl3FN3O4.ClH/c1-25-6-7-26(2)37(27(25)3)51-21-19-29-8-12-30(13-9-29)34-22-33-23-46-24-35(48(33)39(50)52-40(4,5)41(42,43)44)36(34)38(49)47(32-16-17-32)20-18-28-10-14-31(45)15-11-28;/h6-15,32-33,35,46H,16-24H2,1-5H3;1H. The Labute approximate surface area is 333 Å². The third-order valence-electron chi connectivity index (χ3n) is 10.6. The van der Waals surface area contributed by atoms with Gasteiger partial charge in [-0.25, -0.2) is 9.18 Å². The molecule has 2 atom stereocenters. The van der Waals surface area contributed by atoms with Gasteiger partial charge in [-0.05, 0) is 111 Å². The maximum atomic E-state index is 14.9. The van der Waals surface area contributed by atoms with Crippen molar-refractivity contribution in [3.05, 3.63) is 105 Å². The fourth-order valence-electron chi connectivity index (χ4n) is 7.13. The lowest BCUT2D eigenvalue weighted by Gasteiger charge is -2.48. The fraction of sp³-hybridized carbons (Fsp3) is 0.463. The lowest BCUT2D eigenvalue weighted by molar-refractivity contribution is -0.128. The van der Waals surface area contributed by atoms with Gasteiger partial charge in [0, 0.05) is 37.7 Å². The first-order valence-electron chi connectivity index (χ1n) is 18.0. The molecule has 12 heteroatoms. The van der Waals surface area contributed by atoms with Crippen molar-refractivity contribution in [3.8, 4) is 5.75 Å². The summed E-state index contributed by atoms with van der Waals surface area (Å²) < 4.78 is 23.9. The lowest BCUT2D eigenvalue weighted by Crippen LogP contribution is -2.64. The van der Waals surface area contributed by atoms with Crippen LogP contribution in [0.15, 0.2) is 66.2 Å². The predicted octanol–water partition coefficient (Wildman–Crippen LogP) is 9.11. The van der Waals surface area contributed by atoms with Gasteiger partial charge in [-0.1, -0.05) is 83.3 Å². The summed E-state index contributed by atoms with van der Waals surface area (Å²) in [5, 5.41) is 3.44. The molecule has 3 aliphatic rings. The molecule has 2 unspecified atom stereocenters. The van der Waals surface area contributed by atoms with Gasteiger partial charge in [-0.2, -0.15) is 0 Å². The molecule has 1 saturated carbocycles. The first kappa shape index (κ1) is 41.2. The number of rotatable bonds is 11. The number of nitrogens with zero attached hydrogens (tertiary/aromatic N) is 2. The molecule has 6 rings (SSSR count). The Bertz CT molecular complexity index is 1820. The molecule has 2 fully saturated rings. The van der Waals surface area contributed by atoms with Crippen LogP contribution in [-0.2, 0) is 22.4 Å². The van der Waals surface area contributed by atoms with Crippen molar-refractivity contribution in [2.45, 2.75) is 94.2 Å². The minimum Gasteiger partial charge on any atom is -0.493 e. The molecule has 2 bridgehead atoms. The van der Waals surface area contributed by atoms with E-state index >= 15 is 0 Å². The van der Waals surface area contributed by atoms with E-state index in [1.165, 1.54) is 17.7 Å². The maximum Gasteiger partial charge on any atom is 0.411 e. The zero-order valence-electron chi connectivity index (χ0n) is 30.8. The highest BCUT2D eigenvalue weighted by Gasteiger charge is 2.50. The summed E-state index contributed by atoms with van der Waals surface area (Å²) in [6, 6.07) is 18.1. The van der Waals surface area contributed by atoms with Crippen molar-refractivity contribution in [3.63, 3.8) is 0 Å². The van der Waals surface area contributed by atoms with Crippen molar-refractivity contribution >= 4 is 64.8 Å². The van der Waals surface area contributed by atoms with Gasteiger partial charge in [0.25, 0.3) is 5.91 Å². The highest BCUT2D eigenvalue weighted by molar-refractivity contribution is 6.68. The molecule has 0 aromatic heterocycles. The van der Waals surface area contributed by atoms with Crippen LogP contribution < -0.4 is 10.1 Å². The lowest BCUT2D eigenvalue weighted by atomic mass is 9.81. The zero-order valence-corrected chi connectivity index (χ0v) is 33.9. The molecule has 2 aliphatic heterocycles. The Morgan fingerprint density at radius 1 is 0.906 bits per heavy atom. The summed E-state index contributed by atoms with van der Waals surface area (Å²) in [5.41, 5.74) is 6.56. The van der Waals surface area contributed by atoms with Gasteiger partial charge < -0.3 is 19.7 Å². The molecule has 2 heterocycles. The Morgan fingerprint density at radius 2 is 1.53 bits per heavy atom. The summed E-state index contributed by atoms with van der Waals surface area (Å²) in [5.74, 6) is 0.536. The number of piperazine rings is 1. The zero-order chi connectivity index (χ0) is 37.4. The third kappa shape index (κ3) is 9.28. The highest BCUT2D eigenvalue weighted by atomic mass is 35.6. The molecule has 7 nitrogen and oxygen atoms in total. The van der Waals surface area contributed by atoms with Gasteiger partial charge in [0.05, 0.1) is 18.7 Å². The second-order valence-electron chi connectivity index (χ2n) is 14.8. The van der Waals surface area contributed by atoms with Crippen molar-refractivity contribution in [1.82, 2.24) is 15.1 Å². The second-order valence-corrected chi connectivity index (χ2v) is 17.0. The number of benzene rings is 3. The predicted molar refractivity (Wildman–Crippen MR) is 213 cm³/mol. The average molecular weight is 808 g/mol. The topological polar surface area (TPSA) is 71.1 Å². The summed E-state index contributed by atoms with van der Waals surface area (Å²) in [4.78, 5) is 32.5. The Morgan fingerprint density at radius 3 is 2.17 bits per heavy atom. The maximum absolute atomic E-state index is 14.9. The van der Waals surface area contributed by atoms with Gasteiger partial charge >= 0.3 is 6.09 Å². The number of alkyl halides is 3. The van der Waals surface area contributed by atoms with E-state index in [1.807, 2.05) is 4.90 Å². The Balaban J connectivity index is 0.00000541. The summed E-state index contributed by atoms with van der Waals surface area (Å²) in [7, 11) is 0. The minimum atomic E-state index is -1.86. The van der Waals surface area contributed by atoms with E-state index in [0.29, 0.717) is 44.7 Å². The van der Waals surface area contributed by atoms with Crippen LogP contribution >= 0.6 is 47.2 Å². The van der Waals surface area contributed by atoms with Crippen LogP contribution in [0, 0.1) is 26.6 Å². The van der Waals surface area contributed by atoms with E-state index in [9.17, 15) is 14.0 Å². The normalized spacial score (nSPS) is 18.7. The molecule has 0 spiro atoms. The molecule has 1 N–H and O–H groups in total. The van der Waals surface area contributed by atoms with Crippen LogP contribution in [0.3, 0.4) is 0 Å². The number of hydrogen-bond donors (Lipinski definition) is 1. The molecule has 2 amide bonds. The molecule has 0 radical (unpaired) electrons. The van der Waals surface area contributed by atoms with Crippen LogP contribution in [-0.4, -0.2) is 75.6 Å². The molecule has 1 aliphatic carbocycles. The summed E-state index contributed by atoms with van der Waals surface area (Å²) >= 11 is 18.6. The third-order valence-corrected chi connectivity index (χ3v) is 12.0. The van der Waals surface area contributed by atoms with E-state index in [0.717, 1.165) is 58.4 Å². The van der Waals surface area contributed by atoms with E-state index in [1.54, 1.807) is 30.9 Å². The van der Waals surface area contributed by atoms with Crippen LogP contribution in [0.1, 0.15) is 66.5 Å². The number of fused-ring (bicyclic) bond motifs is 2. The van der Waals surface area contributed by atoms with Gasteiger partial charge in [0.1, 0.15) is 11.6 Å². The van der Waals surface area contributed by atoms with Crippen LogP contribution in [0.25, 0.3) is 5.57 Å². The van der Waals surface area contributed by atoms with Gasteiger partial charge in [-0.15, -0.1) is 12.4 Å². The number of carbonyl (C=O) groups excluding carboxylic acids is 2. The largest absolute Gasteiger partial charge is 0.493 e. The number of aryl methyl sites for hydroxylation is 2. The molecular formula is C41H48Cl4FN3O4. The first-order valence-corrected chi connectivity index (χ1v) is 19.1. The monoisotopic (exact) mass is 805 g/mol. The van der Waals surface area contributed by atoms with Crippen molar-refractivity contribution in [1.29, 1.82) is 0 Å². The van der Waals surface area contributed by atoms with Gasteiger partial charge in [0.2, 0.25) is 3.79 Å². The number of ether oxygens (including phenoxy) is 2. The smallest absolute Gasteiger partial charge is 0.411 e. The summed E-state index contributed by atoms with van der Waals surface area (Å²) in [6.45, 7) is 11.3. The number of nitrogens with one attached hydrogen (secondary N) is 1. The average Bonchev–Trinajstić information content (AvgIpc) is 3.93. The second kappa shape index (κ2) is 16.8. The van der Waals surface area contributed by atoms with Crippen molar-refractivity contribution in [2.24, 2.45) is 0 Å². The van der Waals surface area contributed by atoms with Crippen molar-refractivity contribution in [2.75, 3.05) is 26.2 Å².